The van der Waals surface area contributed by atoms with Crippen LogP contribution in [0.4, 0.5) is 0 Å². The predicted molar refractivity (Wildman–Crippen MR) is 347 cm³/mol. The van der Waals surface area contributed by atoms with E-state index in [1.54, 1.807) is 6.08 Å². The highest BCUT2D eigenvalue weighted by atomic mass is 16.7. The van der Waals surface area contributed by atoms with E-state index < -0.39 is 67.4 Å². The van der Waals surface area contributed by atoms with Crippen LogP contribution in [0.3, 0.4) is 0 Å². The highest BCUT2D eigenvalue weighted by Crippen LogP contribution is 2.26. The van der Waals surface area contributed by atoms with Gasteiger partial charge in [0.1, 0.15) is 24.4 Å². The summed E-state index contributed by atoms with van der Waals surface area (Å²) in [4.78, 5) is 26.6. The molecule has 11 nitrogen and oxygen atoms in total. The maximum atomic E-state index is 13.5. The molecule has 11 heteroatoms. The first-order chi connectivity index (χ1) is 40.7. The van der Waals surface area contributed by atoms with Crippen LogP contribution < -0.4 is 5.32 Å². The maximum Gasteiger partial charge on any atom is 0.306 e. The fourth-order valence-electron chi connectivity index (χ4n) is 10.6. The number of rotatable bonds is 59. The van der Waals surface area contributed by atoms with Gasteiger partial charge in [0, 0.05) is 6.42 Å². The third-order valence-corrected chi connectivity index (χ3v) is 16.1. The lowest BCUT2D eigenvalue weighted by Crippen LogP contribution is -2.61. The van der Waals surface area contributed by atoms with Crippen LogP contribution in [0.1, 0.15) is 310 Å². The Labute approximate surface area is 509 Å². The summed E-state index contributed by atoms with van der Waals surface area (Å²) in [5.74, 6) is -1.20. The Bertz CT molecular complexity index is 1630. The van der Waals surface area contributed by atoms with E-state index in [2.05, 4.69) is 86.8 Å². The van der Waals surface area contributed by atoms with Crippen LogP contribution in [0.2, 0.25) is 0 Å². The first kappa shape index (κ1) is 78.1. The van der Waals surface area contributed by atoms with Crippen molar-refractivity contribution in [2.45, 2.75) is 359 Å². The molecule has 1 fully saturated rings. The zero-order chi connectivity index (χ0) is 60.3. The normalized spacial score (nSPS) is 19.0. The number of hydrogen-bond acceptors (Lipinski definition) is 10. The van der Waals surface area contributed by atoms with Crippen molar-refractivity contribution in [2.24, 2.45) is 0 Å². The lowest BCUT2D eigenvalue weighted by molar-refractivity contribution is -0.305. The van der Waals surface area contributed by atoms with Crippen LogP contribution in [-0.4, -0.2) is 99.6 Å². The van der Waals surface area contributed by atoms with Gasteiger partial charge in [-0.2, -0.15) is 0 Å². The molecule has 0 aromatic rings. The number of aliphatic hydroxyl groups excluding tert-OH is 5. The Morgan fingerprint density at radius 1 is 0.470 bits per heavy atom. The maximum absolute atomic E-state index is 13.5. The molecule has 1 saturated heterocycles. The quantitative estimate of drug-likeness (QED) is 0.0195. The number of amides is 1. The fourth-order valence-corrected chi connectivity index (χ4v) is 10.6. The smallest absolute Gasteiger partial charge is 0.306 e. The highest BCUT2D eigenvalue weighted by Gasteiger charge is 2.47. The number of esters is 1. The molecular weight excluding hydrogens is 1040 g/mol. The molecule has 0 bridgehead atoms. The number of carbonyl (C=O) groups excluding carboxylic acids is 2. The zero-order valence-corrected chi connectivity index (χ0v) is 53.6. The lowest BCUT2D eigenvalue weighted by Gasteiger charge is -2.41. The van der Waals surface area contributed by atoms with E-state index >= 15 is 0 Å². The van der Waals surface area contributed by atoms with Gasteiger partial charge in [0.05, 0.1) is 25.4 Å². The number of allylic oxidation sites excluding steroid dienone is 11. The fraction of sp³-hybridized carbons (Fsp3) is 0.806. The van der Waals surface area contributed by atoms with E-state index in [1.807, 2.05) is 6.08 Å². The first-order valence-electron chi connectivity index (χ1n) is 34.7. The molecule has 0 aromatic carbocycles. The van der Waals surface area contributed by atoms with Crippen molar-refractivity contribution in [3.63, 3.8) is 0 Å². The van der Waals surface area contributed by atoms with Gasteiger partial charge >= 0.3 is 5.97 Å². The minimum Gasteiger partial charge on any atom is -0.454 e. The van der Waals surface area contributed by atoms with E-state index in [0.717, 1.165) is 103 Å². The molecule has 8 atom stereocenters. The average Bonchev–Trinajstić information content (AvgIpc) is 3.58. The molecule has 1 heterocycles. The molecule has 1 rings (SSSR count). The average molecular weight is 1170 g/mol. The SMILES string of the molecule is CCCCC/C=C\C/C=C\C/C=C\C/C=C\CCCCCCCCCCCC(=O)OC1C(OCC(NC(=O)C(O)CCCCCCCC/C=C/CCCCCCCC)C(O)/C=C/CCCCCCCCCCCCC)OC(CO)C(O)C1O. The second-order valence-corrected chi connectivity index (χ2v) is 23.9. The van der Waals surface area contributed by atoms with Gasteiger partial charge in [-0.05, 0) is 96.3 Å². The zero-order valence-electron chi connectivity index (χ0n) is 53.6. The van der Waals surface area contributed by atoms with Gasteiger partial charge < -0.3 is 45.1 Å². The van der Waals surface area contributed by atoms with Gasteiger partial charge in [0.2, 0.25) is 5.91 Å². The second kappa shape index (κ2) is 59.4. The van der Waals surface area contributed by atoms with Crippen molar-refractivity contribution in [1.82, 2.24) is 5.32 Å². The van der Waals surface area contributed by atoms with Crippen molar-refractivity contribution in [3.8, 4) is 0 Å². The van der Waals surface area contributed by atoms with Gasteiger partial charge in [0.25, 0.3) is 0 Å². The van der Waals surface area contributed by atoms with Crippen LogP contribution in [0.25, 0.3) is 0 Å². The number of aliphatic hydroxyl groups is 5. The summed E-state index contributed by atoms with van der Waals surface area (Å²) in [7, 11) is 0. The number of carbonyl (C=O) groups is 2. The second-order valence-electron chi connectivity index (χ2n) is 23.9. The Hall–Kier alpha value is -2.90. The highest BCUT2D eigenvalue weighted by molar-refractivity contribution is 5.80. The van der Waals surface area contributed by atoms with Crippen molar-refractivity contribution >= 4 is 11.9 Å². The van der Waals surface area contributed by atoms with Gasteiger partial charge in [-0.25, -0.2) is 0 Å². The molecule has 83 heavy (non-hydrogen) atoms. The molecule has 1 aliphatic rings. The number of unbranched alkanes of at least 4 members (excludes halogenated alkanes) is 35. The molecule has 0 spiro atoms. The molecule has 0 saturated carbocycles. The Kier molecular flexibility index (Phi) is 55.9. The Morgan fingerprint density at radius 3 is 1.28 bits per heavy atom. The summed E-state index contributed by atoms with van der Waals surface area (Å²) < 4.78 is 17.7. The summed E-state index contributed by atoms with van der Waals surface area (Å²) in [6.07, 6.45) is 66.4. The van der Waals surface area contributed by atoms with E-state index in [4.69, 9.17) is 14.2 Å². The number of nitrogens with one attached hydrogen (secondary N) is 1. The van der Waals surface area contributed by atoms with Crippen LogP contribution in [0.15, 0.2) is 72.9 Å². The monoisotopic (exact) mass is 1170 g/mol. The molecule has 8 unspecified atom stereocenters. The van der Waals surface area contributed by atoms with Crippen LogP contribution in [0, 0.1) is 0 Å². The lowest BCUT2D eigenvalue weighted by atomic mass is 9.99. The molecule has 0 radical (unpaired) electrons. The van der Waals surface area contributed by atoms with Gasteiger partial charge in [0.15, 0.2) is 12.4 Å². The van der Waals surface area contributed by atoms with Crippen LogP contribution >= 0.6 is 0 Å². The van der Waals surface area contributed by atoms with E-state index in [9.17, 15) is 35.1 Å². The summed E-state index contributed by atoms with van der Waals surface area (Å²) in [5.41, 5.74) is 0. The molecular formula is C72H129NO10. The van der Waals surface area contributed by atoms with Crippen molar-refractivity contribution in [1.29, 1.82) is 0 Å². The van der Waals surface area contributed by atoms with E-state index in [1.165, 1.54) is 161 Å². The van der Waals surface area contributed by atoms with E-state index in [-0.39, 0.29) is 19.4 Å². The topological polar surface area (TPSA) is 175 Å². The minimum atomic E-state index is -1.62. The third kappa shape index (κ3) is 46.9. The molecule has 482 valence electrons. The molecule has 6 N–H and O–H groups in total. The molecule has 1 amide bonds. The van der Waals surface area contributed by atoms with Crippen LogP contribution in [0.5, 0.6) is 0 Å². The third-order valence-electron chi connectivity index (χ3n) is 16.1. The van der Waals surface area contributed by atoms with Gasteiger partial charge in [-0.15, -0.1) is 0 Å². The largest absolute Gasteiger partial charge is 0.454 e. The summed E-state index contributed by atoms with van der Waals surface area (Å²) in [6.45, 7) is 5.78. The first-order valence-corrected chi connectivity index (χ1v) is 34.7. The Morgan fingerprint density at radius 2 is 0.831 bits per heavy atom. The minimum absolute atomic E-state index is 0.114. The van der Waals surface area contributed by atoms with Gasteiger partial charge in [-0.3, -0.25) is 9.59 Å². The molecule has 1 aliphatic heterocycles. The van der Waals surface area contributed by atoms with Crippen molar-refractivity contribution in [2.75, 3.05) is 13.2 Å². The molecule has 0 aliphatic carbocycles. The summed E-state index contributed by atoms with van der Waals surface area (Å²) in [5, 5.41) is 57.2. The summed E-state index contributed by atoms with van der Waals surface area (Å²) >= 11 is 0. The standard InChI is InChI=1S/C72H129NO10/c1-4-7-10-13-16-19-22-25-27-29-30-31-32-33-34-35-36-37-39-42-45-48-51-54-57-60-67(77)83-70-69(79)68(78)66(61-74)82-72(70)81-62-63(64(75)58-55-52-49-46-43-40-24-21-18-15-12-9-6-3)73-71(80)65(76)59-56-53-50-47-44-41-38-28-26-23-20-17-14-11-8-5-2/h16,19,25-28,30-31,33-34,55,58,63-66,68-70,72,74-76,78-79H,4-15,17-18,20-24,29,32,35-54,56-57,59-62H2,1-3H3,(H,73,80)/b19-16-,27-25-,28-26+,31-30-,34-33-,58-55+. The van der Waals surface area contributed by atoms with Crippen molar-refractivity contribution in [3.05, 3.63) is 72.9 Å². The summed E-state index contributed by atoms with van der Waals surface area (Å²) in [6, 6.07) is -1.03. The number of hydrogen-bond donors (Lipinski definition) is 6. The van der Waals surface area contributed by atoms with Crippen molar-refractivity contribution < 1.29 is 49.3 Å². The van der Waals surface area contributed by atoms with Gasteiger partial charge in [-0.1, -0.05) is 280 Å². The van der Waals surface area contributed by atoms with E-state index in [0.29, 0.717) is 12.8 Å². The molecule has 0 aromatic heterocycles. The Balaban J connectivity index is 2.60. The van der Waals surface area contributed by atoms with Crippen LogP contribution in [-0.2, 0) is 23.8 Å². The predicted octanol–water partition coefficient (Wildman–Crippen LogP) is 17.5. The number of ether oxygens (including phenoxy) is 3.